The summed E-state index contributed by atoms with van der Waals surface area (Å²) in [7, 11) is 3.42. The monoisotopic (exact) mass is 770 g/mol. The molecule has 1 aromatic carbocycles. The van der Waals surface area contributed by atoms with E-state index in [0.717, 1.165) is 49.7 Å². The topological polar surface area (TPSA) is 137 Å². The molecule has 5 heterocycles. The Morgan fingerprint density at radius 2 is 1.93 bits per heavy atom. The largest absolute Gasteiger partial charge is 0.464 e. The number of thiazole rings is 1. The van der Waals surface area contributed by atoms with Crippen molar-refractivity contribution in [3.8, 4) is 22.5 Å². The van der Waals surface area contributed by atoms with Crippen LogP contribution in [0.2, 0.25) is 0 Å². The van der Waals surface area contributed by atoms with Gasteiger partial charge in [-0.1, -0.05) is 33.8 Å². The summed E-state index contributed by atoms with van der Waals surface area (Å²) >= 11 is 1.48. The molecule has 12 nitrogen and oxygen atoms in total. The number of amides is 2. The van der Waals surface area contributed by atoms with Crippen LogP contribution in [-0.2, 0) is 48.0 Å². The summed E-state index contributed by atoms with van der Waals surface area (Å²) in [6.07, 6.45) is 3.43. The van der Waals surface area contributed by atoms with Crippen LogP contribution in [-0.4, -0.2) is 82.9 Å². The summed E-state index contributed by atoms with van der Waals surface area (Å²) in [6, 6.07) is 8.95. The van der Waals surface area contributed by atoms with Crippen LogP contribution in [0.25, 0.3) is 33.4 Å². The number of methoxy groups -OCH3 is 2. The molecule has 6 bridgehead atoms. The van der Waals surface area contributed by atoms with Crippen molar-refractivity contribution in [3.63, 3.8) is 0 Å². The summed E-state index contributed by atoms with van der Waals surface area (Å²) < 4.78 is 20.1. The first-order chi connectivity index (χ1) is 26.3. The highest BCUT2D eigenvalue weighted by atomic mass is 32.1. The molecule has 3 aliphatic rings. The molecule has 1 aliphatic carbocycles. The van der Waals surface area contributed by atoms with Crippen molar-refractivity contribution in [2.75, 3.05) is 27.4 Å². The average molecular weight is 771 g/mol. The van der Waals surface area contributed by atoms with Crippen molar-refractivity contribution in [1.82, 2.24) is 30.3 Å². The number of nitrogens with zero attached hydrogens (tertiary/aromatic N) is 4. The third-order valence-corrected chi connectivity index (χ3v) is 12.7. The maximum absolute atomic E-state index is 14.1. The second-order valence-electron chi connectivity index (χ2n) is 16.4. The van der Waals surface area contributed by atoms with Crippen LogP contribution in [0.1, 0.15) is 76.8 Å². The zero-order chi connectivity index (χ0) is 39.2. The maximum Gasteiger partial charge on any atom is 0.324 e. The Kier molecular flexibility index (Phi) is 11.2. The van der Waals surface area contributed by atoms with Gasteiger partial charge in [0.25, 0.3) is 5.91 Å². The number of benzene rings is 1. The van der Waals surface area contributed by atoms with Crippen LogP contribution < -0.4 is 10.7 Å². The Bertz CT molecular complexity index is 2070. The second kappa shape index (κ2) is 15.8. The first-order valence-electron chi connectivity index (χ1n) is 19.5. The molecule has 1 saturated carbocycles. The molecule has 7 atom stereocenters. The molecular weight excluding hydrogens is 717 g/mol. The van der Waals surface area contributed by atoms with Crippen molar-refractivity contribution in [3.05, 3.63) is 58.2 Å². The average Bonchev–Trinajstić information content (AvgIpc) is 3.45. The highest BCUT2D eigenvalue weighted by Gasteiger charge is 2.49. The van der Waals surface area contributed by atoms with E-state index in [4.69, 9.17) is 24.2 Å². The van der Waals surface area contributed by atoms with Crippen LogP contribution in [0.4, 0.5) is 0 Å². The fourth-order valence-corrected chi connectivity index (χ4v) is 9.02. The number of nitrogens with one attached hydrogen (secondary N) is 2. The first-order valence-corrected chi connectivity index (χ1v) is 20.3. The number of hydrogen-bond donors (Lipinski definition) is 2. The van der Waals surface area contributed by atoms with Gasteiger partial charge in [0.2, 0.25) is 5.91 Å². The number of hydrazine groups is 1. The highest BCUT2D eigenvalue weighted by Crippen LogP contribution is 2.46. The van der Waals surface area contributed by atoms with Gasteiger partial charge < -0.3 is 24.1 Å². The lowest BCUT2D eigenvalue weighted by Crippen LogP contribution is -2.60. The first kappa shape index (κ1) is 39.1. The smallest absolute Gasteiger partial charge is 0.324 e. The third-order valence-electron chi connectivity index (χ3n) is 11.8. The lowest BCUT2D eigenvalue weighted by atomic mass is 9.84. The second-order valence-corrected chi connectivity index (χ2v) is 17.4. The van der Waals surface area contributed by atoms with Gasteiger partial charge in [0.05, 0.1) is 40.9 Å². The Balaban J connectivity index is 1.38. The third kappa shape index (κ3) is 7.94. The number of carbonyl (C=O) groups excluding carboxylic acids is 3. The molecule has 4 aromatic rings. The molecule has 13 heteroatoms. The minimum absolute atomic E-state index is 0.0866. The van der Waals surface area contributed by atoms with E-state index in [1.807, 2.05) is 18.4 Å². The van der Waals surface area contributed by atoms with Gasteiger partial charge in [0.1, 0.15) is 12.1 Å². The number of hydrogen-bond acceptors (Lipinski definition) is 10. The molecular formula is C42H54N6O6S. The van der Waals surface area contributed by atoms with E-state index in [1.165, 1.54) is 16.3 Å². The Morgan fingerprint density at radius 1 is 1.15 bits per heavy atom. The molecule has 0 unspecified atom stereocenters. The van der Waals surface area contributed by atoms with Crippen LogP contribution in [0, 0.1) is 23.2 Å². The number of pyridine rings is 1. The lowest BCUT2D eigenvalue weighted by molar-refractivity contribution is -0.155. The standard InChI is InChI=1S/C42H54N6O6S/c1-23(52-7)20-47-34-14-13-27-17-29(34)30(38(47)28-11-9-15-43-37(28)26(4)53-8)19-42(5,6)22-54-41(51)31-12-10-16-48(46-31)40(50)32(18-35-44-33(27)21-55-35)45-39(49)36-24(2)25(36)3/h9,11,13-15,17,21,23-26,31-32,36,46H,10,12,16,18-20,22H2,1-8H3,(H,45,49)/t23-,24-,25+,26+,31+,32+,36+/m1/s1. The number of carbonyl (C=O) groups is 3. The van der Waals surface area contributed by atoms with E-state index in [2.05, 4.69) is 74.2 Å². The summed E-state index contributed by atoms with van der Waals surface area (Å²) in [5.41, 5.74) is 9.38. The zero-order valence-corrected chi connectivity index (χ0v) is 34.0. The summed E-state index contributed by atoms with van der Waals surface area (Å²) in [5, 5.41) is 8.38. The van der Waals surface area contributed by atoms with E-state index < -0.39 is 23.5 Å². The van der Waals surface area contributed by atoms with Gasteiger partial charge in [-0.25, -0.2) is 10.4 Å². The van der Waals surface area contributed by atoms with Gasteiger partial charge >= 0.3 is 5.97 Å². The number of fused-ring (bicyclic) bond motifs is 6. The maximum atomic E-state index is 14.1. The van der Waals surface area contributed by atoms with Gasteiger partial charge in [0, 0.05) is 78.7 Å². The van der Waals surface area contributed by atoms with Gasteiger partial charge in [-0.3, -0.25) is 24.4 Å². The van der Waals surface area contributed by atoms with E-state index in [9.17, 15) is 14.4 Å². The van der Waals surface area contributed by atoms with Crippen LogP contribution in [0.3, 0.4) is 0 Å². The van der Waals surface area contributed by atoms with E-state index in [0.29, 0.717) is 32.4 Å². The van der Waals surface area contributed by atoms with E-state index in [1.54, 1.807) is 20.4 Å². The molecule has 55 heavy (non-hydrogen) atoms. The fraction of sp³-hybridized carbons (Fsp3) is 0.548. The van der Waals surface area contributed by atoms with Crippen molar-refractivity contribution >= 4 is 40.0 Å². The highest BCUT2D eigenvalue weighted by molar-refractivity contribution is 7.10. The zero-order valence-electron chi connectivity index (χ0n) is 33.2. The number of ether oxygens (including phenoxy) is 3. The minimum Gasteiger partial charge on any atom is -0.464 e. The molecule has 7 rings (SSSR count). The fourth-order valence-electron chi connectivity index (χ4n) is 8.16. The van der Waals surface area contributed by atoms with Crippen LogP contribution >= 0.6 is 11.3 Å². The molecule has 2 N–H and O–H groups in total. The van der Waals surface area contributed by atoms with Crippen molar-refractivity contribution in [1.29, 1.82) is 0 Å². The van der Waals surface area contributed by atoms with Gasteiger partial charge in [-0.15, -0.1) is 11.3 Å². The minimum atomic E-state index is -0.844. The van der Waals surface area contributed by atoms with Gasteiger partial charge in [-0.05, 0) is 74.8 Å². The van der Waals surface area contributed by atoms with Crippen molar-refractivity contribution < 1.29 is 28.6 Å². The molecule has 1 saturated heterocycles. The molecule has 0 radical (unpaired) electrons. The number of esters is 1. The lowest BCUT2D eigenvalue weighted by Gasteiger charge is -2.35. The molecule has 2 amide bonds. The predicted octanol–water partition coefficient (Wildman–Crippen LogP) is 6.12. The summed E-state index contributed by atoms with van der Waals surface area (Å²) in [6.45, 7) is 13.6. The molecule has 2 aliphatic heterocycles. The van der Waals surface area contributed by atoms with E-state index >= 15 is 0 Å². The van der Waals surface area contributed by atoms with Gasteiger partial charge in [0.15, 0.2) is 0 Å². The molecule has 2 fully saturated rings. The quantitative estimate of drug-likeness (QED) is 0.203. The predicted molar refractivity (Wildman–Crippen MR) is 212 cm³/mol. The Labute approximate surface area is 327 Å². The number of cyclic esters (lactones) is 1. The normalized spacial score (nSPS) is 25.2. The van der Waals surface area contributed by atoms with Gasteiger partial charge in [-0.2, -0.15) is 0 Å². The Morgan fingerprint density at radius 3 is 2.65 bits per heavy atom. The summed E-state index contributed by atoms with van der Waals surface area (Å²) in [4.78, 5) is 51.1. The number of rotatable bonds is 8. The van der Waals surface area contributed by atoms with E-state index in [-0.39, 0.29) is 54.8 Å². The summed E-state index contributed by atoms with van der Waals surface area (Å²) in [5.74, 6) is -0.409. The number of aromatic nitrogens is 3. The van der Waals surface area contributed by atoms with Crippen LogP contribution in [0.15, 0.2) is 41.9 Å². The van der Waals surface area contributed by atoms with Crippen molar-refractivity contribution in [2.45, 2.75) is 98.1 Å². The van der Waals surface area contributed by atoms with Crippen molar-refractivity contribution in [2.24, 2.45) is 23.2 Å². The SMILES string of the molecule is CO[C@H](C)Cn1c(-c2cccnc2[C@H](C)OC)c2c3cc(ccc31)-c1csc(n1)C[C@H](NC(=O)[C@H]1[C@H](C)[C@@H]1C)C(=O)N1CCC[C@H](N1)C(=O)OCC(C)(C)C2. The molecule has 294 valence electrons. The molecule has 3 aromatic heterocycles. The molecule has 0 spiro atoms. The Hall–Kier alpha value is -4.17. The van der Waals surface area contributed by atoms with Crippen LogP contribution in [0.5, 0.6) is 0 Å².